The molecule has 1 aromatic rings. The number of carbonyl (C=O) groups is 1. The number of hydrogen-bond donors (Lipinski definition) is 0. The van der Waals surface area contributed by atoms with Crippen LogP contribution in [0.1, 0.15) is 18.7 Å². The molecule has 0 saturated heterocycles. The number of thiophene rings is 1. The zero-order valence-corrected chi connectivity index (χ0v) is 8.61. The molecule has 3 heteroatoms. The SMILES string of the molecule is C=C(C)C(=O)Oc1ccc(CC)s1. The zero-order chi connectivity index (χ0) is 9.84. The summed E-state index contributed by atoms with van der Waals surface area (Å²) in [7, 11) is 0. The molecule has 1 heterocycles. The third kappa shape index (κ3) is 2.70. The summed E-state index contributed by atoms with van der Waals surface area (Å²) in [5.74, 6) is -0.357. The molecule has 2 nitrogen and oxygen atoms in total. The minimum atomic E-state index is -0.357. The molecular formula is C10H12O2S. The molecule has 0 radical (unpaired) electrons. The van der Waals surface area contributed by atoms with Crippen molar-refractivity contribution in [2.45, 2.75) is 20.3 Å². The number of aryl methyl sites for hydroxylation is 1. The molecule has 70 valence electrons. The van der Waals surface area contributed by atoms with Crippen molar-refractivity contribution in [3.8, 4) is 5.06 Å². The smallest absolute Gasteiger partial charge is 0.339 e. The quantitative estimate of drug-likeness (QED) is 0.549. The molecule has 0 fully saturated rings. The highest BCUT2D eigenvalue weighted by molar-refractivity contribution is 7.13. The van der Waals surface area contributed by atoms with Crippen LogP contribution in [-0.2, 0) is 11.2 Å². The lowest BCUT2D eigenvalue weighted by atomic mass is 10.4. The number of carbonyl (C=O) groups excluding carboxylic acids is 1. The van der Waals surface area contributed by atoms with Crippen LogP contribution in [0.15, 0.2) is 24.3 Å². The molecule has 0 unspecified atom stereocenters. The van der Waals surface area contributed by atoms with Crippen molar-refractivity contribution in [2.75, 3.05) is 0 Å². The van der Waals surface area contributed by atoms with Crippen molar-refractivity contribution in [3.63, 3.8) is 0 Å². The van der Waals surface area contributed by atoms with Crippen LogP contribution in [0.5, 0.6) is 5.06 Å². The second kappa shape index (κ2) is 4.23. The van der Waals surface area contributed by atoms with Gasteiger partial charge in [0, 0.05) is 10.5 Å². The molecule has 0 N–H and O–H groups in total. The van der Waals surface area contributed by atoms with Gasteiger partial charge in [0.1, 0.15) is 0 Å². The van der Waals surface area contributed by atoms with E-state index in [1.165, 1.54) is 16.2 Å². The molecule has 0 aliphatic heterocycles. The zero-order valence-electron chi connectivity index (χ0n) is 7.79. The Morgan fingerprint density at radius 1 is 1.62 bits per heavy atom. The number of ether oxygens (including phenoxy) is 1. The van der Waals surface area contributed by atoms with E-state index in [2.05, 4.69) is 13.5 Å². The fourth-order valence-electron chi connectivity index (χ4n) is 0.782. The van der Waals surface area contributed by atoms with E-state index in [-0.39, 0.29) is 5.97 Å². The Morgan fingerprint density at radius 3 is 2.77 bits per heavy atom. The lowest BCUT2D eigenvalue weighted by molar-refractivity contribution is -0.129. The van der Waals surface area contributed by atoms with Crippen LogP contribution in [-0.4, -0.2) is 5.97 Å². The average molecular weight is 196 g/mol. The second-order valence-corrected chi connectivity index (χ2v) is 3.88. The van der Waals surface area contributed by atoms with E-state index in [4.69, 9.17) is 4.74 Å². The maximum atomic E-state index is 11.1. The first-order valence-corrected chi connectivity index (χ1v) is 4.91. The minimum Gasteiger partial charge on any atom is -0.412 e. The van der Waals surface area contributed by atoms with Gasteiger partial charge in [-0.3, -0.25) is 0 Å². The van der Waals surface area contributed by atoms with Gasteiger partial charge in [0.05, 0.1) is 0 Å². The minimum absolute atomic E-state index is 0.357. The molecular weight excluding hydrogens is 184 g/mol. The van der Waals surface area contributed by atoms with Gasteiger partial charge >= 0.3 is 5.97 Å². The summed E-state index contributed by atoms with van der Waals surface area (Å²) in [5, 5.41) is 0.643. The second-order valence-electron chi connectivity index (χ2n) is 2.74. The molecule has 1 rings (SSSR count). The first kappa shape index (κ1) is 9.99. The summed E-state index contributed by atoms with van der Waals surface area (Å²) in [6, 6.07) is 3.77. The maximum absolute atomic E-state index is 11.1. The third-order valence-electron chi connectivity index (χ3n) is 1.53. The van der Waals surface area contributed by atoms with E-state index >= 15 is 0 Å². The van der Waals surface area contributed by atoms with Gasteiger partial charge in [-0.15, -0.1) is 11.3 Å². The topological polar surface area (TPSA) is 26.3 Å². The Labute approximate surface area is 81.8 Å². The third-order valence-corrected chi connectivity index (χ3v) is 2.63. The number of esters is 1. The van der Waals surface area contributed by atoms with Crippen molar-refractivity contribution in [1.29, 1.82) is 0 Å². The molecule has 0 aromatic carbocycles. The Balaban J connectivity index is 2.64. The van der Waals surface area contributed by atoms with Gasteiger partial charge in [-0.2, -0.15) is 0 Å². The number of hydrogen-bond acceptors (Lipinski definition) is 3. The predicted molar refractivity (Wildman–Crippen MR) is 54.1 cm³/mol. The van der Waals surface area contributed by atoms with Gasteiger partial charge < -0.3 is 4.74 Å². The van der Waals surface area contributed by atoms with Gasteiger partial charge in [-0.25, -0.2) is 4.79 Å². The molecule has 0 saturated carbocycles. The first-order chi connectivity index (χ1) is 6.13. The van der Waals surface area contributed by atoms with Crippen LogP contribution >= 0.6 is 11.3 Å². The summed E-state index contributed by atoms with van der Waals surface area (Å²) in [6.45, 7) is 7.21. The van der Waals surface area contributed by atoms with E-state index in [0.29, 0.717) is 10.6 Å². The van der Waals surface area contributed by atoms with Crippen LogP contribution in [0.3, 0.4) is 0 Å². The summed E-state index contributed by atoms with van der Waals surface area (Å²) < 4.78 is 5.04. The highest BCUT2D eigenvalue weighted by atomic mass is 32.1. The lowest BCUT2D eigenvalue weighted by Gasteiger charge is -1.98. The molecule has 0 amide bonds. The summed E-state index contributed by atoms with van der Waals surface area (Å²) in [5.41, 5.74) is 0.423. The van der Waals surface area contributed by atoms with Crippen molar-refractivity contribution < 1.29 is 9.53 Å². The summed E-state index contributed by atoms with van der Waals surface area (Å²) in [4.78, 5) is 12.3. The predicted octanol–water partition coefficient (Wildman–Crippen LogP) is 2.79. The molecule has 0 aliphatic rings. The number of rotatable bonds is 3. The summed E-state index contributed by atoms with van der Waals surface area (Å²) >= 11 is 1.49. The highest BCUT2D eigenvalue weighted by Gasteiger charge is 2.06. The fourth-order valence-corrected chi connectivity index (χ4v) is 1.57. The van der Waals surface area contributed by atoms with Crippen LogP contribution in [0.25, 0.3) is 0 Å². The standard InChI is InChI=1S/C10H12O2S/c1-4-8-5-6-9(13-8)12-10(11)7(2)3/h5-6H,2,4H2,1,3H3. The Bertz CT molecular complexity index is 325. The fraction of sp³-hybridized carbons (Fsp3) is 0.300. The van der Waals surface area contributed by atoms with E-state index in [0.717, 1.165) is 6.42 Å². The van der Waals surface area contributed by atoms with Gasteiger partial charge in [0.2, 0.25) is 0 Å². The largest absolute Gasteiger partial charge is 0.412 e. The molecule has 0 aliphatic carbocycles. The van der Waals surface area contributed by atoms with E-state index in [9.17, 15) is 4.79 Å². The average Bonchev–Trinajstić information content (AvgIpc) is 2.52. The van der Waals surface area contributed by atoms with E-state index < -0.39 is 0 Å². The van der Waals surface area contributed by atoms with Crippen LogP contribution in [0.4, 0.5) is 0 Å². The first-order valence-electron chi connectivity index (χ1n) is 4.10. The van der Waals surface area contributed by atoms with Crippen LogP contribution < -0.4 is 4.74 Å². The van der Waals surface area contributed by atoms with Crippen molar-refractivity contribution in [3.05, 3.63) is 29.2 Å². The lowest BCUT2D eigenvalue weighted by Crippen LogP contribution is -2.06. The van der Waals surface area contributed by atoms with Gasteiger partial charge in [0.25, 0.3) is 0 Å². The van der Waals surface area contributed by atoms with E-state index in [1.54, 1.807) is 6.92 Å². The van der Waals surface area contributed by atoms with Gasteiger partial charge in [-0.1, -0.05) is 13.5 Å². The molecule has 0 bridgehead atoms. The molecule has 13 heavy (non-hydrogen) atoms. The summed E-state index contributed by atoms with van der Waals surface area (Å²) in [6.07, 6.45) is 0.968. The molecule has 0 atom stereocenters. The molecule has 1 aromatic heterocycles. The monoisotopic (exact) mass is 196 g/mol. The Hall–Kier alpha value is -1.09. The van der Waals surface area contributed by atoms with Crippen LogP contribution in [0, 0.1) is 0 Å². The highest BCUT2D eigenvalue weighted by Crippen LogP contribution is 2.25. The van der Waals surface area contributed by atoms with Crippen molar-refractivity contribution >= 4 is 17.3 Å². The van der Waals surface area contributed by atoms with Gasteiger partial charge in [0.15, 0.2) is 5.06 Å². The Morgan fingerprint density at radius 2 is 2.31 bits per heavy atom. The van der Waals surface area contributed by atoms with E-state index in [1.807, 2.05) is 12.1 Å². The molecule has 0 spiro atoms. The van der Waals surface area contributed by atoms with Crippen molar-refractivity contribution in [2.24, 2.45) is 0 Å². The van der Waals surface area contributed by atoms with Gasteiger partial charge in [-0.05, 0) is 25.5 Å². The van der Waals surface area contributed by atoms with Crippen LogP contribution in [0.2, 0.25) is 0 Å². The maximum Gasteiger partial charge on any atom is 0.339 e. The normalized spacial score (nSPS) is 9.69. The Kier molecular flexibility index (Phi) is 3.25. The van der Waals surface area contributed by atoms with Crippen molar-refractivity contribution in [1.82, 2.24) is 0 Å².